The maximum atomic E-state index is 9.05. The summed E-state index contributed by atoms with van der Waals surface area (Å²) in [5, 5.41) is 11.0. The van der Waals surface area contributed by atoms with E-state index >= 15 is 0 Å². The Kier molecular flexibility index (Phi) is 3.40. The van der Waals surface area contributed by atoms with Crippen LogP contribution >= 0.6 is 11.3 Å². The maximum Gasteiger partial charge on any atom is 0.155 e. The summed E-state index contributed by atoms with van der Waals surface area (Å²) in [6, 6.07) is 10.0. The van der Waals surface area contributed by atoms with Gasteiger partial charge in [-0.25, -0.2) is 4.98 Å². The van der Waals surface area contributed by atoms with Crippen LogP contribution in [-0.2, 0) is 0 Å². The molecule has 0 N–H and O–H groups in total. The van der Waals surface area contributed by atoms with Crippen molar-refractivity contribution in [1.82, 2.24) is 9.55 Å². The lowest BCUT2D eigenvalue weighted by molar-refractivity contribution is 0.417. The molecule has 0 aliphatic rings. The van der Waals surface area contributed by atoms with Gasteiger partial charge in [-0.1, -0.05) is 0 Å². The molecular formula is C16H15N3OS. The minimum Gasteiger partial charge on any atom is -0.495 e. The molecule has 0 saturated heterocycles. The molecule has 0 unspecified atom stereocenters. The summed E-state index contributed by atoms with van der Waals surface area (Å²) in [4.78, 5) is 5.75. The van der Waals surface area contributed by atoms with Crippen LogP contribution in [0, 0.1) is 11.3 Å². The number of nitrogens with zero attached hydrogens (tertiary/aromatic N) is 3. The molecule has 5 heteroatoms. The fourth-order valence-electron chi connectivity index (χ4n) is 2.47. The van der Waals surface area contributed by atoms with Crippen molar-refractivity contribution in [1.29, 1.82) is 5.26 Å². The van der Waals surface area contributed by atoms with Crippen molar-refractivity contribution in [2.24, 2.45) is 0 Å². The summed E-state index contributed by atoms with van der Waals surface area (Å²) < 4.78 is 7.61. The van der Waals surface area contributed by atoms with Crippen LogP contribution in [0.3, 0.4) is 0 Å². The average Bonchev–Trinajstić information content (AvgIpc) is 3.09. The number of thiophene rings is 1. The Labute approximate surface area is 127 Å². The Morgan fingerprint density at radius 1 is 1.33 bits per heavy atom. The van der Waals surface area contributed by atoms with Crippen molar-refractivity contribution in [3.63, 3.8) is 0 Å². The quantitative estimate of drug-likeness (QED) is 0.727. The molecule has 0 aliphatic carbocycles. The average molecular weight is 297 g/mol. The second-order valence-electron chi connectivity index (χ2n) is 5.03. The van der Waals surface area contributed by atoms with E-state index in [2.05, 4.69) is 24.5 Å². The van der Waals surface area contributed by atoms with Gasteiger partial charge in [-0.05, 0) is 43.5 Å². The number of hydrogen-bond acceptors (Lipinski definition) is 4. The molecule has 3 rings (SSSR count). The highest BCUT2D eigenvalue weighted by molar-refractivity contribution is 7.13. The molecule has 2 heterocycles. The van der Waals surface area contributed by atoms with Gasteiger partial charge in [0.1, 0.15) is 10.6 Å². The molecular weight excluding hydrogens is 282 g/mol. The standard InChI is InChI=1S/C16H15N3OS/c1-10(2)19-13-5-4-11(9-17)8-12(13)18-16(19)15-14(20-3)6-7-21-15/h4-8,10H,1-3H3. The second-order valence-corrected chi connectivity index (χ2v) is 5.95. The smallest absolute Gasteiger partial charge is 0.155 e. The lowest BCUT2D eigenvalue weighted by atomic mass is 10.2. The van der Waals surface area contributed by atoms with Crippen molar-refractivity contribution in [3.8, 4) is 22.5 Å². The molecule has 0 atom stereocenters. The normalized spacial score (nSPS) is 11.0. The first kappa shape index (κ1) is 13.7. The Bertz CT molecular complexity index is 839. The summed E-state index contributed by atoms with van der Waals surface area (Å²) in [6.07, 6.45) is 0. The molecule has 0 fully saturated rings. The minimum atomic E-state index is 0.268. The number of fused-ring (bicyclic) bond motifs is 1. The molecule has 2 aromatic heterocycles. The van der Waals surface area contributed by atoms with Crippen LogP contribution in [0.25, 0.3) is 21.7 Å². The summed E-state index contributed by atoms with van der Waals surface area (Å²) in [5.74, 6) is 1.72. The van der Waals surface area contributed by atoms with Crippen LogP contribution < -0.4 is 4.74 Å². The molecule has 0 bridgehead atoms. The van der Waals surface area contributed by atoms with E-state index in [0.29, 0.717) is 5.56 Å². The lowest BCUT2D eigenvalue weighted by Crippen LogP contribution is -2.02. The van der Waals surface area contributed by atoms with E-state index in [0.717, 1.165) is 27.5 Å². The third-order valence-corrected chi connectivity index (χ3v) is 4.28. The van der Waals surface area contributed by atoms with Gasteiger partial charge in [0, 0.05) is 6.04 Å². The van der Waals surface area contributed by atoms with Crippen LogP contribution in [0.5, 0.6) is 5.75 Å². The van der Waals surface area contributed by atoms with E-state index in [1.54, 1.807) is 18.4 Å². The van der Waals surface area contributed by atoms with Gasteiger partial charge < -0.3 is 9.30 Å². The Balaban J connectivity index is 2.32. The molecule has 0 spiro atoms. The van der Waals surface area contributed by atoms with Gasteiger partial charge >= 0.3 is 0 Å². The predicted octanol–water partition coefficient (Wildman–Crippen LogP) is 4.23. The number of imidazole rings is 1. The van der Waals surface area contributed by atoms with Gasteiger partial charge in [0.25, 0.3) is 0 Å². The van der Waals surface area contributed by atoms with Gasteiger partial charge in [-0.3, -0.25) is 0 Å². The highest BCUT2D eigenvalue weighted by Gasteiger charge is 2.19. The van der Waals surface area contributed by atoms with E-state index < -0.39 is 0 Å². The van der Waals surface area contributed by atoms with Crippen molar-refractivity contribution >= 4 is 22.4 Å². The molecule has 21 heavy (non-hydrogen) atoms. The fourth-order valence-corrected chi connectivity index (χ4v) is 3.32. The molecule has 4 nitrogen and oxygen atoms in total. The summed E-state index contributed by atoms with van der Waals surface area (Å²) in [5.41, 5.74) is 2.50. The maximum absolute atomic E-state index is 9.05. The van der Waals surface area contributed by atoms with Crippen LogP contribution in [0.2, 0.25) is 0 Å². The topological polar surface area (TPSA) is 50.8 Å². The van der Waals surface area contributed by atoms with Gasteiger partial charge in [0.2, 0.25) is 0 Å². The summed E-state index contributed by atoms with van der Waals surface area (Å²) in [7, 11) is 1.67. The van der Waals surface area contributed by atoms with E-state index in [1.807, 2.05) is 29.6 Å². The van der Waals surface area contributed by atoms with Crippen LogP contribution in [0.15, 0.2) is 29.6 Å². The number of nitriles is 1. The number of hydrogen-bond donors (Lipinski definition) is 0. The number of benzene rings is 1. The molecule has 3 aromatic rings. The van der Waals surface area contributed by atoms with Crippen LogP contribution in [-0.4, -0.2) is 16.7 Å². The van der Waals surface area contributed by atoms with Crippen LogP contribution in [0.1, 0.15) is 25.5 Å². The van der Waals surface area contributed by atoms with Gasteiger partial charge in [-0.15, -0.1) is 11.3 Å². The van der Waals surface area contributed by atoms with Gasteiger partial charge in [-0.2, -0.15) is 5.26 Å². The van der Waals surface area contributed by atoms with Crippen molar-refractivity contribution < 1.29 is 4.74 Å². The number of rotatable bonds is 3. The minimum absolute atomic E-state index is 0.268. The van der Waals surface area contributed by atoms with E-state index in [4.69, 9.17) is 15.0 Å². The predicted molar refractivity (Wildman–Crippen MR) is 84.7 cm³/mol. The first-order valence-electron chi connectivity index (χ1n) is 6.69. The highest BCUT2D eigenvalue weighted by atomic mass is 32.1. The van der Waals surface area contributed by atoms with Crippen LogP contribution in [0.4, 0.5) is 0 Å². The molecule has 0 amide bonds. The third-order valence-electron chi connectivity index (χ3n) is 3.39. The monoisotopic (exact) mass is 297 g/mol. The molecule has 1 aromatic carbocycles. The van der Waals surface area contributed by atoms with Gasteiger partial charge in [0.15, 0.2) is 5.82 Å². The van der Waals surface area contributed by atoms with Crippen molar-refractivity contribution in [2.75, 3.05) is 7.11 Å². The van der Waals surface area contributed by atoms with E-state index in [1.165, 1.54) is 0 Å². The largest absolute Gasteiger partial charge is 0.495 e. The lowest BCUT2D eigenvalue weighted by Gasteiger charge is -2.13. The molecule has 0 aliphatic heterocycles. The SMILES string of the molecule is COc1ccsc1-c1nc2cc(C#N)ccc2n1C(C)C. The van der Waals surface area contributed by atoms with Gasteiger partial charge in [0.05, 0.1) is 29.8 Å². The number of methoxy groups -OCH3 is 1. The van der Waals surface area contributed by atoms with E-state index in [9.17, 15) is 0 Å². The zero-order valence-electron chi connectivity index (χ0n) is 12.1. The summed E-state index contributed by atoms with van der Waals surface area (Å²) >= 11 is 1.61. The first-order chi connectivity index (χ1) is 10.2. The number of ether oxygens (including phenoxy) is 1. The third kappa shape index (κ3) is 2.18. The zero-order chi connectivity index (χ0) is 15.0. The van der Waals surface area contributed by atoms with Crippen molar-refractivity contribution in [2.45, 2.75) is 19.9 Å². The molecule has 0 radical (unpaired) electrons. The molecule has 0 saturated carbocycles. The number of aromatic nitrogens is 2. The summed E-state index contributed by atoms with van der Waals surface area (Å²) in [6.45, 7) is 4.26. The molecule has 106 valence electrons. The fraction of sp³-hybridized carbons (Fsp3) is 0.250. The highest BCUT2D eigenvalue weighted by Crippen LogP contribution is 2.38. The van der Waals surface area contributed by atoms with E-state index in [-0.39, 0.29) is 6.04 Å². The Hall–Kier alpha value is -2.32. The second kappa shape index (κ2) is 5.23. The zero-order valence-corrected chi connectivity index (χ0v) is 12.9. The Morgan fingerprint density at radius 2 is 2.14 bits per heavy atom. The first-order valence-corrected chi connectivity index (χ1v) is 7.57. The Morgan fingerprint density at radius 3 is 2.81 bits per heavy atom. The van der Waals surface area contributed by atoms with Crippen molar-refractivity contribution in [3.05, 3.63) is 35.2 Å².